The van der Waals surface area contributed by atoms with E-state index in [4.69, 9.17) is 17.3 Å². The molecule has 2 N–H and O–H groups in total. The molecule has 0 amide bonds. The van der Waals surface area contributed by atoms with Gasteiger partial charge in [0.2, 0.25) is 0 Å². The van der Waals surface area contributed by atoms with Gasteiger partial charge in [0.05, 0.1) is 10.5 Å². The van der Waals surface area contributed by atoms with Crippen LogP contribution in [0.1, 0.15) is 29.7 Å². The maximum absolute atomic E-state index is 6.31. The van der Waals surface area contributed by atoms with Gasteiger partial charge in [-0.05, 0) is 57.4 Å². The number of unbranched alkanes of at least 4 members (excludes halogenated alkanes) is 1. The minimum atomic E-state index is 0.747. The number of hydrogen-bond donors (Lipinski definition) is 1. The van der Waals surface area contributed by atoms with Gasteiger partial charge in [-0.1, -0.05) is 23.2 Å². The van der Waals surface area contributed by atoms with Gasteiger partial charge >= 0.3 is 0 Å². The van der Waals surface area contributed by atoms with E-state index >= 15 is 0 Å². The number of aryl methyl sites for hydroxylation is 3. The number of pyridine rings is 1. The molecule has 0 atom stereocenters. The van der Waals surface area contributed by atoms with Crippen molar-refractivity contribution in [3.8, 4) is 0 Å². The molecule has 1 aromatic carbocycles. The van der Waals surface area contributed by atoms with Crippen LogP contribution in [0.3, 0.4) is 0 Å². The molecule has 1 heterocycles. The Morgan fingerprint density at radius 2 is 1.94 bits per heavy atom. The van der Waals surface area contributed by atoms with Crippen LogP contribution in [0.25, 0.3) is 10.9 Å². The Bertz CT molecular complexity index is 564. The molecule has 1 aromatic heterocycles. The van der Waals surface area contributed by atoms with Crippen LogP contribution in [0.2, 0.25) is 5.02 Å². The largest absolute Gasteiger partial charge is 0.330 e. The second-order valence-corrected chi connectivity index (χ2v) is 5.22. The predicted molar refractivity (Wildman–Crippen MR) is 78.2 cm³/mol. The topological polar surface area (TPSA) is 38.9 Å². The molecule has 0 unspecified atom stereocenters. The van der Waals surface area contributed by atoms with Gasteiger partial charge in [0.1, 0.15) is 0 Å². The molecular formula is C15H19ClN2. The highest BCUT2D eigenvalue weighted by molar-refractivity contribution is 6.35. The Morgan fingerprint density at radius 1 is 1.17 bits per heavy atom. The molecule has 2 aromatic rings. The number of benzene rings is 1. The third-order valence-corrected chi connectivity index (χ3v) is 3.43. The van der Waals surface area contributed by atoms with Crippen molar-refractivity contribution in [2.24, 2.45) is 5.73 Å². The van der Waals surface area contributed by atoms with E-state index in [9.17, 15) is 0 Å². The summed E-state index contributed by atoms with van der Waals surface area (Å²) in [6.45, 7) is 4.83. The molecule has 3 heteroatoms. The predicted octanol–water partition coefficient (Wildman–Crippen LogP) is 3.79. The SMILES string of the molecule is Cc1cc(CCCCN)c2nc(C)cc(Cl)c2c1. The first-order chi connectivity index (χ1) is 8.61. The highest BCUT2D eigenvalue weighted by Gasteiger charge is 2.08. The third kappa shape index (κ3) is 2.82. The highest BCUT2D eigenvalue weighted by atomic mass is 35.5. The Balaban J connectivity index is 2.50. The number of hydrogen-bond acceptors (Lipinski definition) is 2. The van der Waals surface area contributed by atoms with Crippen LogP contribution in [-0.2, 0) is 6.42 Å². The number of nitrogens with two attached hydrogens (primary N) is 1. The Morgan fingerprint density at radius 3 is 2.67 bits per heavy atom. The smallest absolute Gasteiger partial charge is 0.0752 e. The Hall–Kier alpha value is -1.12. The first-order valence-electron chi connectivity index (χ1n) is 6.38. The van der Waals surface area contributed by atoms with Gasteiger partial charge in [0.15, 0.2) is 0 Å². The number of nitrogens with zero attached hydrogens (tertiary/aromatic N) is 1. The van der Waals surface area contributed by atoms with Crippen molar-refractivity contribution in [1.29, 1.82) is 0 Å². The quantitative estimate of drug-likeness (QED) is 0.852. The zero-order chi connectivity index (χ0) is 13.1. The standard InChI is InChI=1S/C15H19ClN2/c1-10-7-12(5-3-4-6-17)15-13(8-10)14(16)9-11(2)18-15/h7-9H,3-6,17H2,1-2H3. The van der Waals surface area contributed by atoms with Gasteiger partial charge in [-0.2, -0.15) is 0 Å². The number of fused-ring (bicyclic) bond motifs is 1. The fourth-order valence-electron chi connectivity index (χ4n) is 2.29. The average molecular weight is 263 g/mol. The summed E-state index contributed by atoms with van der Waals surface area (Å²) in [6, 6.07) is 6.24. The second kappa shape index (κ2) is 5.68. The molecule has 0 spiro atoms. The minimum Gasteiger partial charge on any atom is -0.330 e. The summed E-state index contributed by atoms with van der Waals surface area (Å²) in [7, 11) is 0. The van der Waals surface area contributed by atoms with Gasteiger partial charge in [0.25, 0.3) is 0 Å². The molecule has 18 heavy (non-hydrogen) atoms. The lowest BCUT2D eigenvalue weighted by atomic mass is 10.0. The van der Waals surface area contributed by atoms with Gasteiger partial charge in [0, 0.05) is 11.1 Å². The first-order valence-corrected chi connectivity index (χ1v) is 6.76. The zero-order valence-corrected chi connectivity index (χ0v) is 11.7. The van der Waals surface area contributed by atoms with E-state index < -0.39 is 0 Å². The molecule has 2 nitrogen and oxygen atoms in total. The van der Waals surface area contributed by atoms with E-state index in [2.05, 4.69) is 24.0 Å². The lowest BCUT2D eigenvalue weighted by Gasteiger charge is -2.10. The fourth-order valence-corrected chi connectivity index (χ4v) is 2.59. The highest BCUT2D eigenvalue weighted by Crippen LogP contribution is 2.27. The molecule has 0 aliphatic carbocycles. The molecule has 0 bridgehead atoms. The van der Waals surface area contributed by atoms with Gasteiger partial charge < -0.3 is 5.73 Å². The summed E-state index contributed by atoms with van der Waals surface area (Å²) < 4.78 is 0. The lowest BCUT2D eigenvalue weighted by Crippen LogP contribution is -2.00. The van der Waals surface area contributed by atoms with Gasteiger partial charge in [-0.3, -0.25) is 4.98 Å². The fraction of sp³-hybridized carbons (Fsp3) is 0.400. The van der Waals surface area contributed by atoms with E-state index in [0.29, 0.717) is 0 Å². The maximum atomic E-state index is 6.31. The van der Waals surface area contributed by atoms with Crippen LogP contribution in [0, 0.1) is 13.8 Å². The van der Waals surface area contributed by atoms with Crippen molar-refractivity contribution >= 4 is 22.5 Å². The second-order valence-electron chi connectivity index (χ2n) is 4.81. The van der Waals surface area contributed by atoms with E-state index in [1.165, 1.54) is 11.1 Å². The van der Waals surface area contributed by atoms with Crippen LogP contribution in [-0.4, -0.2) is 11.5 Å². The van der Waals surface area contributed by atoms with Crippen molar-refractivity contribution in [2.45, 2.75) is 33.1 Å². The minimum absolute atomic E-state index is 0.747. The Labute approximate surface area is 113 Å². The van der Waals surface area contributed by atoms with E-state index in [-0.39, 0.29) is 0 Å². The molecule has 0 aliphatic heterocycles. The van der Waals surface area contributed by atoms with E-state index in [1.54, 1.807) is 0 Å². The van der Waals surface area contributed by atoms with Crippen LogP contribution >= 0.6 is 11.6 Å². The van der Waals surface area contributed by atoms with Crippen molar-refractivity contribution in [3.05, 3.63) is 40.0 Å². The average Bonchev–Trinajstić information content (AvgIpc) is 2.31. The summed E-state index contributed by atoms with van der Waals surface area (Å²) in [6.07, 6.45) is 3.17. The van der Waals surface area contributed by atoms with Gasteiger partial charge in [-0.15, -0.1) is 0 Å². The first kappa shape index (κ1) is 13.3. The van der Waals surface area contributed by atoms with Crippen molar-refractivity contribution in [1.82, 2.24) is 4.98 Å². The number of rotatable bonds is 4. The third-order valence-electron chi connectivity index (χ3n) is 3.11. The van der Waals surface area contributed by atoms with E-state index in [1.807, 2.05) is 13.0 Å². The number of aromatic nitrogens is 1. The molecule has 0 saturated carbocycles. The summed E-state index contributed by atoms with van der Waals surface area (Å²) in [5.74, 6) is 0. The molecule has 0 fully saturated rings. The molecule has 0 aliphatic rings. The monoisotopic (exact) mass is 262 g/mol. The summed E-state index contributed by atoms with van der Waals surface area (Å²) >= 11 is 6.31. The van der Waals surface area contributed by atoms with E-state index in [0.717, 1.165) is 47.4 Å². The van der Waals surface area contributed by atoms with Crippen LogP contribution in [0.5, 0.6) is 0 Å². The lowest BCUT2D eigenvalue weighted by molar-refractivity contribution is 0.746. The Kier molecular flexibility index (Phi) is 4.20. The molecule has 2 rings (SSSR count). The number of halogens is 1. The van der Waals surface area contributed by atoms with Crippen molar-refractivity contribution < 1.29 is 0 Å². The van der Waals surface area contributed by atoms with Crippen molar-refractivity contribution in [2.75, 3.05) is 6.54 Å². The molecule has 0 saturated heterocycles. The van der Waals surface area contributed by atoms with Crippen molar-refractivity contribution in [3.63, 3.8) is 0 Å². The molecule has 0 radical (unpaired) electrons. The van der Waals surface area contributed by atoms with Gasteiger partial charge in [-0.25, -0.2) is 0 Å². The summed E-state index contributed by atoms with van der Waals surface area (Å²) in [4.78, 5) is 4.64. The van der Waals surface area contributed by atoms with Crippen LogP contribution < -0.4 is 5.73 Å². The van der Waals surface area contributed by atoms with Crippen LogP contribution in [0.15, 0.2) is 18.2 Å². The normalized spacial score (nSPS) is 11.1. The zero-order valence-electron chi connectivity index (χ0n) is 11.0. The maximum Gasteiger partial charge on any atom is 0.0752 e. The van der Waals surface area contributed by atoms with Crippen LogP contribution in [0.4, 0.5) is 0 Å². The molecular weight excluding hydrogens is 244 g/mol. The summed E-state index contributed by atoms with van der Waals surface area (Å²) in [5.41, 5.74) is 10.1. The summed E-state index contributed by atoms with van der Waals surface area (Å²) in [5, 5.41) is 1.85. The molecule has 96 valence electrons.